The standard InChI is InChI=1S/C10H9ClN2OS/c1-13(8-3-2-7(11)15-8)9(14)10(6-12)4-5-10/h2-3H,4-5H2,1H3. The van der Waals surface area contributed by atoms with E-state index in [4.69, 9.17) is 16.9 Å². The molecule has 0 N–H and O–H groups in total. The minimum atomic E-state index is -0.759. The Morgan fingerprint density at radius 1 is 1.67 bits per heavy atom. The highest BCUT2D eigenvalue weighted by Crippen LogP contribution is 2.47. The van der Waals surface area contributed by atoms with E-state index in [2.05, 4.69) is 6.07 Å². The van der Waals surface area contributed by atoms with Gasteiger partial charge in [-0.25, -0.2) is 0 Å². The van der Waals surface area contributed by atoms with Gasteiger partial charge in [0.25, 0.3) is 0 Å². The summed E-state index contributed by atoms with van der Waals surface area (Å²) in [5, 5.41) is 9.69. The summed E-state index contributed by atoms with van der Waals surface area (Å²) in [4.78, 5) is 13.5. The van der Waals surface area contributed by atoms with Crippen LogP contribution >= 0.6 is 22.9 Å². The van der Waals surface area contributed by atoms with Crippen molar-refractivity contribution in [3.8, 4) is 6.07 Å². The predicted octanol–water partition coefficient (Wildman–Crippen LogP) is 2.67. The second kappa shape index (κ2) is 3.51. The van der Waals surface area contributed by atoms with E-state index >= 15 is 0 Å². The van der Waals surface area contributed by atoms with Crippen LogP contribution in [0.15, 0.2) is 12.1 Å². The first-order valence-corrected chi connectivity index (χ1v) is 5.73. The number of carbonyl (C=O) groups is 1. The SMILES string of the molecule is CN(C(=O)C1(C#N)CC1)c1ccc(Cl)s1. The number of hydrogen-bond acceptors (Lipinski definition) is 3. The Labute approximate surface area is 96.9 Å². The maximum absolute atomic E-state index is 11.9. The van der Waals surface area contributed by atoms with Crippen molar-refractivity contribution >= 4 is 33.8 Å². The van der Waals surface area contributed by atoms with Crippen molar-refractivity contribution in [1.82, 2.24) is 0 Å². The van der Waals surface area contributed by atoms with E-state index in [1.165, 1.54) is 16.2 Å². The lowest BCUT2D eigenvalue weighted by molar-refractivity contribution is -0.121. The smallest absolute Gasteiger partial charge is 0.247 e. The van der Waals surface area contributed by atoms with Crippen molar-refractivity contribution in [2.45, 2.75) is 12.8 Å². The van der Waals surface area contributed by atoms with Gasteiger partial charge in [-0.1, -0.05) is 11.6 Å². The topological polar surface area (TPSA) is 44.1 Å². The molecular formula is C10H9ClN2OS. The molecule has 1 amide bonds. The van der Waals surface area contributed by atoms with E-state index < -0.39 is 5.41 Å². The molecule has 0 spiro atoms. The Balaban J connectivity index is 2.19. The van der Waals surface area contributed by atoms with Crippen molar-refractivity contribution in [3.63, 3.8) is 0 Å². The van der Waals surface area contributed by atoms with Crippen LogP contribution in [0.5, 0.6) is 0 Å². The van der Waals surface area contributed by atoms with Crippen LogP contribution in [-0.4, -0.2) is 13.0 Å². The molecule has 1 aromatic heterocycles. The molecule has 1 aliphatic carbocycles. The molecule has 0 unspecified atom stereocenters. The van der Waals surface area contributed by atoms with Gasteiger partial charge in [0.2, 0.25) is 5.91 Å². The molecule has 0 aliphatic heterocycles. The van der Waals surface area contributed by atoms with E-state index in [0.29, 0.717) is 17.2 Å². The summed E-state index contributed by atoms with van der Waals surface area (Å²) in [6, 6.07) is 5.63. The van der Waals surface area contributed by atoms with E-state index in [-0.39, 0.29) is 5.91 Å². The van der Waals surface area contributed by atoms with Crippen molar-refractivity contribution in [3.05, 3.63) is 16.5 Å². The fourth-order valence-electron chi connectivity index (χ4n) is 1.40. The maximum Gasteiger partial charge on any atom is 0.247 e. The zero-order chi connectivity index (χ0) is 11.1. The van der Waals surface area contributed by atoms with Gasteiger partial charge < -0.3 is 4.90 Å². The van der Waals surface area contributed by atoms with E-state index in [1.807, 2.05) is 0 Å². The minimum absolute atomic E-state index is 0.122. The van der Waals surface area contributed by atoms with Crippen molar-refractivity contribution < 1.29 is 4.79 Å². The van der Waals surface area contributed by atoms with Crippen LogP contribution in [0.4, 0.5) is 5.00 Å². The molecule has 5 heteroatoms. The van der Waals surface area contributed by atoms with Gasteiger partial charge in [-0.2, -0.15) is 5.26 Å². The highest BCUT2D eigenvalue weighted by molar-refractivity contribution is 7.20. The molecule has 3 nitrogen and oxygen atoms in total. The molecule has 0 bridgehead atoms. The summed E-state index contributed by atoms with van der Waals surface area (Å²) in [7, 11) is 1.68. The summed E-state index contributed by atoms with van der Waals surface area (Å²) in [5.74, 6) is -0.122. The fraction of sp³-hybridized carbons (Fsp3) is 0.400. The molecular weight excluding hydrogens is 232 g/mol. The zero-order valence-corrected chi connectivity index (χ0v) is 9.73. The lowest BCUT2D eigenvalue weighted by Gasteiger charge is -2.17. The molecule has 1 aromatic rings. The van der Waals surface area contributed by atoms with Crippen LogP contribution in [0.25, 0.3) is 0 Å². The number of carbonyl (C=O) groups excluding carboxylic acids is 1. The Morgan fingerprint density at radius 2 is 2.33 bits per heavy atom. The van der Waals surface area contributed by atoms with Crippen LogP contribution in [0.2, 0.25) is 4.34 Å². The molecule has 1 fully saturated rings. The van der Waals surface area contributed by atoms with E-state index in [9.17, 15) is 4.79 Å². The van der Waals surface area contributed by atoms with Crippen LogP contribution in [0.3, 0.4) is 0 Å². The van der Waals surface area contributed by atoms with Gasteiger partial charge in [0.1, 0.15) is 5.41 Å². The lowest BCUT2D eigenvalue weighted by atomic mass is 10.1. The lowest BCUT2D eigenvalue weighted by Crippen LogP contribution is -2.32. The van der Waals surface area contributed by atoms with E-state index in [1.54, 1.807) is 19.2 Å². The quantitative estimate of drug-likeness (QED) is 0.798. The summed E-state index contributed by atoms with van der Waals surface area (Å²) < 4.78 is 0.645. The van der Waals surface area contributed by atoms with Gasteiger partial charge in [0, 0.05) is 7.05 Å². The average molecular weight is 241 g/mol. The third-order valence-corrected chi connectivity index (χ3v) is 3.88. The van der Waals surface area contributed by atoms with Crippen LogP contribution in [0.1, 0.15) is 12.8 Å². The second-order valence-electron chi connectivity index (χ2n) is 3.64. The Hall–Kier alpha value is -1.05. The first kappa shape index (κ1) is 10.5. The summed E-state index contributed by atoms with van der Waals surface area (Å²) in [5.41, 5.74) is -0.759. The molecule has 1 heterocycles. The average Bonchev–Trinajstić information content (AvgIpc) is 2.93. The molecule has 0 saturated heterocycles. The fourth-order valence-corrected chi connectivity index (χ4v) is 2.40. The molecule has 1 aliphatic rings. The van der Waals surface area contributed by atoms with Gasteiger partial charge in [-0.05, 0) is 25.0 Å². The van der Waals surface area contributed by atoms with Gasteiger partial charge in [0.15, 0.2) is 0 Å². The molecule has 2 rings (SSSR count). The van der Waals surface area contributed by atoms with Crippen molar-refractivity contribution in [2.24, 2.45) is 5.41 Å². The van der Waals surface area contributed by atoms with Crippen LogP contribution < -0.4 is 4.90 Å². The number of anilines is 1. The Kier molecular flexibility index (Phi) is 2.45. The van der Waals surface area contributed by atoms with Crippen molar-refractivity contribution in [2.75, 3.05) is 11.9 Å². The first-order chi connectivity index (χ1) is 7.09. The van der Waals surface area contributed by atoms with Crippen molar-refractivity contribution in [1.29, 1.82) is 5.26 Å². The molecule has 1 saturated carbocycles. The number of halogens is 1. The number of nitrogens with zero attached hydrogens (tertiary/aromatic N) is 2. The molecule has 0 atom stereocenters. The number of hydrogen-bond donors (Lipinski definition) is 0. The van der Waals surface area contributed by atoms with Gasteiger partial charge >= 0.3 is 0 Å². The molecule has 0 aromatic carbocycles. The Morgan fingerprint density at radius 3 is 2.73 bits per heavy atom. The van der Waals surface area contributed by atoms with Gasteiger partial charge in [-0.15, -0.1) is 11.3 Å². The number of nitriles is 1. The summed E-state index contributed by atoms with van der Waals surface area (Å²) in [6.45, 7) is 0. The summed E-state index contributed by atoms with van der Waals surface area (Å²) >= 11 is 7.13. The maximum atomic E-state index is 11.9. The monoisotopic (exact) mass is 240 g/mol. The molecule has 15 heavy (non-hydrogen) atoms. The minimum Gasteiger partial charge on any atom is -0.306 e. The van der Waals surface area contributed by atoms with Gasteiger partial charge in [0.05, 0.1) is 15.4 Å². The highest BCUT2D eigenvalue weighted by atomic mass is 35.5. The summed E-state index contributed by atoms with van der Waals surface area (Å²) in [6.07, 6.45) is 1.34. The largest absolute Gasteiger partial charge is 0.306 e. The highest BCUT2D eigenvalue weighted by Gasteiger charge is 2.52. The number of amides is 1. The third kappa shape index (κ3) is 1.73. The van der Waals surface area contributed by atoms with Crippen LogP contribution in [-0.2, 0) is 4.79 Å². The van der Waals surface area contributed by atoms with Crippen LogP contribution in [0, 0.1) is 16.7 Å². The number of thiophene rings is 1. The second-order valence-corrected chi connectivity index (χ2v) is 5.33. The number of rotatable bonds is 2. The molecule has 78 valence electrons. The first-order valence-electron chi connectivity index (χ1n) is 4.54. The Bertz CT molecular complexity index is 445. The molecule has 0 radical (unpaired) electrons. The third-order valence-electron chi connectivity index (χ3n) is 2.57. The van der Waals surface area contributed by atoms with E-state index in [0.717, 1.165) is 5.00 Å². The predicted molar refractivity (Wildman–Crippen MR) is 60.0 cm³/mol. The normalized spacial score (nSPS) is 16.9. The zero-order valence-electron chi connectivity index (χ0n) is 8.16. The van der Waals surface area contributed by atoms with Gasteiger partial charge in [-0.3, -0.25) is 4.79 Å².